The molecular formula is C15H17N5O3. The van der Waals surface area contributed by atoms with Crippen molar-refractivity contribution in [3.8, 4) is 11.8 Å². The van der Waals surface area contributed by atoms with Gasteiger partial charge in [0.15, 0.2) is 0 Å². The molecule has 120 valence electrons. The normalized spacial score (nSPS) is 17.1. The van der Waals surface area contributed by atoms with Crippen molar-refractivity contribution < 1.29 is 14.3 Å². The van der Waals surface area contributed by atoms with E-state index in [-0.39, 0.29) is 12.0 Å². The summed E-state index contributed by atoms with van der Waals surface area (Å²) >= 11 is 0. The highest BCUT2D eigenvalue weighted by molar-refractivity contribution is 5.92. The van der Waals surface area contributed by atoms with Gasteiger partial charge in [0.2, 0.25) is 0 Å². The van der Waals surface area contributed by atoms with Crippen LogP contribution in [0.4, 0.5) is 0 Å². The zero-order valence-corrected chi connectivity index (χ0v) is 13.0. The summed E-state index contributed by atoms with van der Waals surface area (Å²) in [7, 11) is 1.51. The van der Waals surface area contributed by atoms with Crippen molar-refractivity contribution in [3.63, 3.8) is 0 Å². The van der Waals surface area contributed by atoms with Crippen molar-refractivity contribution in [1.29, 1.82) is 0 Å². The molecule has 1 aliphatic rings. The van der Waals surface area contributed by atoms with Crippen LogP contribution in [-0.2, 0) is 0 Å². The Hall–Kier alpha value is -2.77. The average molecular weight is 315 g/mol. The van der Waals surface area contributed by atoms with Crippen molar-refractivity contribution in [2.45, 2.75) is 19.4 Å². The number of hydrogen-bond acceptors (Lipinski definition) is 7. The summed E-state index contributed by atoms with van der Waals surface area (Å²) in [4.78, 5) is 30.5. The van der Waals surface area contributed by atoms with Crippen LogP contribution in [0.1, 0.15) is 22.6 Å². The summed E-state index contributed by atoms with van der Waals surface area (Å²) in [6.45, 7) is 2.89. The molecule has 0 radical (unpaired) electrons. The molecule has 0 spiro atoms. The number of methoxy groups -OCH3 is 1. The number of likely N-dealkylation sites (tertiary alicyclic amines) is 1. The maximum absolute atomic E-state index is 12.4. The largest absolute Gasteiger partial charge is 0.477 e. The van der Waals surface area contributed by atoms with Gasteiger partial charge < -0.3 is 14.4 Å². The molecule has 8 heteroatoms. The Balaban J connectivity index is 1.64. The Labute approximate surface area is 133 Å². The molecule has 2 aromatic heterocycles. The summed E-state index contributed by atoms with van der Waals surface area (Å²) in [5.74, 6) is 0.529. The Kier molecular flexibility index (Phi) is 4.31. The van der Waals surface area contributed by atoms with Gasteiger partial charge in [0.1, 0.15) is 11.8 Å². The number of aromatic nitrogens is 4. The van der Waals surface area contributed by atoms with E-state index >= 15 is 0 Å². The molecule has 1 unspecified atom stereocenters. The van der Waals surface area contributed by atoms with Crippen LogP contribution in [-0.4, -0.2) is 57.0 Å². The Bertz CT molecular complexity index is 692. The van der Waals surface area contributed by atoms with Gasteiger partial charge >= 0.3 is 0 Å². The van der Waals surface area contributed by atoms with E-state index in [1.54, 1.807) is 11.1 Å². The smallest absolute Gasteiger partial charge is 0.278 e. The van der Waals surface area contributed by atoms with Crippen LogP contribution in [0.5, 0.6) is 11.8 Å². The van der Waals surface area contributed by atoms with Crippen molar-refractivity contribution in [2.75, 3.05) is 20.2 Å². The molecule has 0 saturated carbocycles. The van der Waals surface area contributed by atoms with E-state index in [0.29, 0.717) is 37.0 Å². The maximum atomic E-state index is 12.4. The molecule has 8 nitrogen and oxygen atoms in total. The molecular weight excluding hydrogens is 298 g/mol. The summed E-state index contributed by atoms with van der Waals surface area (Å²) in [5.41, 5.74) is 1.12. The highest BCUT2D eigenvalue weighted by Gasteiger charge is 2.30. The molecule has 1 saturated heterocycles. The third-order valence-electron chi connectivity index (χ3n) is 3.54. The van der Waals surface area contributed by atoms with E-state index < -0.39 is 0 Å². The Morgan fingerprint density at radius 1 is 1.17 bits per heavy atom. The number of hydrogen-bond donors (Lipinski definition) is 0. The number of amides is 1. The van der Waals surface area contributed by atoms with Crippen LogP contribution in [0.15, 0.2) is 24.8 Å². The van der Waals surface area contributed by atoms with E-state index in [1.807, 2.05) is 6.92 Å². The quantitative estimate of drug-likeness (QED) is 0.827. The van der Waals surface area contributed by atoms with E-state index in [9.17, 15) is 4.79 Å². The molecule has 0 bridgehead atoms. The lowest BCUT2D eigenvalue weighted by Gasteiger charge is -2.16. The molecule has 1 aliphatic heterocycles. The summed E-state index contributed by atoms with van der Waals surface area (Å²) in [6, 6.07) is 0. The van der Waals surface area contributed by atoms with E-state index in [0.717, 1.165) is 5.69 Å². The first-order valence-electron chi connectivity index (χ1n) is 7.27. The van der Waals surface area contributed by atoms with Gasteiger partial charge in [0.25, 0.3) is 17.7 Å². The van der Waals surface area contributed by atoms with Gasteiger partial charge in [-0.25, -0.2) is 15.0 Å². The Morgan fingerprint density at radius 2 is 1.96 bits per heavy atom. The molecule has 1 fully saturated rings. The number of nitrogens with zero attached hydrogens (tertiary/aromatic N) is 5. The van der Waals surface area contributed by atoms with Crippen LogP contribution < -0.4 is 9.47 Å². The number of aryl methyl sites for hydroxylation is 1. The lowest BCUT2D eigenvalue weighted by Crippen LogP contribution is -2.31. The predicted molar refractivity (Wildman–Crippen MR) is 80.3 cm³/mol. The minimum absolute atomic E-state index is 0.144. The molecule has 1 atom stereocenters. The van der Waals surface area contributed by atoms with Crippen LogP contribution >= 0.6 is 0 Å². The summed E-state index contributed by atoms with van der Waals surface area (Å²) in [6.07, 6.45) is 6.72. The maximum Gasteiger partial charge on any atom is 0.278 e. The first-order valence-corrected chi connectivity index (χ1v) is 7.27. The highest BCUT2D eigenvalue weighted by Crippen LogP contribution is 2.24. The second-order valence-corrected chi connectivity index (χ2v) is 5.19. The summed E-state index contributed by atoms with van der Waals surface area (Å²) < 4.78 is 10.9. The van der Waals surface area contributed by atoms with Crippen LogP contribution in [0.2, 0.25) is 0 Å². The second kappa shape index (κ2) is 6.55. The lowest BCUT2D eigenvalue weighted by molar-refractivity contribution is 0.0764. The lowest BCUT2D eigenvalue weighted by atomic mass is 10.3. The van der Waals surface area contributed by atoms with Gasteiger partial charge in [-0.3, -0.25) is 9.78 Å². The summed E-state index contributed by atoms with van der Waals surface area (Å²) in [5, 5.41) is 0. The van der Waals surface area contributed by atoms with E-state index in [1.165, 1.54) is 25.7 Å². The molecule has 23 heavy (non-hydrogen) atoms. The molecule has 0 N–H and O–H groups in total. The fourth-order valence-corrected chi connectivity index (χ4v) is 2.37. The van der Waals surface area contributed by atoms with Gasteiger partial charge in [0.05, 0.1) is 25.5 Å². The minimum Gasteiger partial charge on any atom is -0.477 e. The highest BCUT2D eigenvalue weighted by atomic mass is 16.5. The SMILES string of the molecule is COc1nccnc1OC1CCN(C(=O)c2cnc(C)cn2)C1. The first-order chi connectivity index (χ1) is 11.2. The van der Waals surface area contributed by atoms with Crippen molar-refractivity contribution in [3.05, 3.63) is 36.2 Å². The predicted octanol–water partition coefficient (Wildman–Crippen LogP) is 0.877. The van der Waals surface area contributed by atoms with Gasteiger partial charge in [-0.1, -0.05) is 0 Å². The van der Waals surface area contributed by atoms with Gasteiger partial charge in [-0.15, -0.1) is 0 Å². The van der Waals surface area contributed by atoms with Crippen molar-refractivity contribution in [2.24, 2.45) is 0 Å². The number of carbonyl (C=O) groups excluding carboxylic acids is 1. The zero-order valence-electron chi connectivity index (χ0n) is 13.0. The molecule has 3 rings (SSSR count). The molecule has 0 aromatic carbocycles. The van der Waals surface area contributed by atoms with Crippen molar-refractivity contribution in [1.82, 2.24) is 24.8 Å². The fourth-order valence-electron chi connectivity index (χ4n) is 2.37. The van der Waals surface area contributed by atoms with Gasteiger partial charge in [-0.05, 0) is 6.92 Å². The monoisotopic (exact) mass is 315 g/mol. The number of carbonyl (C=O) groups is 1. The topological polar surface area (TPSA) is 90.3 Å². The zero-order chi connectivity index (χ0) is 16.2. The third-order valence-corrected chi connectivity index (χ3v) is 3.54. The van der Waals surface area contributed by atoms with Gasteiger partial charge in [0, 0.05) is 31.6 Å². The van der Waals surface area contributed by atoms with Crippen LogP contribution in [0, 0.1) is 6.92 Å². The van der Waals surface area contributed by atoms with E-state index in [2.05, 4.69) is 19.9 Å². The molecule has 2 aromatic rings. The standard InChI is InChI=1S/C15H17N5O3/c1-10-7-19-12(8-18-10)15(21)20-6-3-11(9-20)23-14-13(22-2)16-4-5-17-14/h4-5,7-8,11H,3,6,9H2,1-2H3. The van der Waals surface area contributed by atoms with Gasteiger partial charge in [-0.2, -0.15) is 0 Å². The average Bonchev–Trinajstić information content (AvgIpc) is 3.04. The van der Waals surface area contributed by atoms with E-state index in [4.69, 9.17) is 9.47 Å². The third kappa shape index (κ3) is 3.36. The Morgan fingerprint density at radius 3 is 2.65 bits per heavy atom. The number of rotatable bonds is 4. The minimum atomic E-state index is -0.150. The number of ether oxygens (including phenoxy) is 2. The second-order valence-electron chi connectivity index (χ2n) is 5.19. The molecule has 3 heterocycles. The first kappa shape index (κ1) is 15.1. The van der Waals surface area contributed by atoms with Crippen LogP contribution in [0.3, 0.4) is 0 Å². The molecule has 1 amide bonds. The van der Waals surface area contributed by atoms with Crippen molar-refractivity contribution >= 4 is 5.91 Å². The molecule has 0 aliphatic carbocycles. The fraction of sp³-hybridized carbons (Fsp3) is 0.400. The van der Waals surface area contributed by atoms with Crippen LogP contribution in [0.25, 0.3) is 0 Å².